The molecule has 1 fully saturated rings. The van der Waals surface area contributed by atoms with Gasteiger partial charge in [-0.25, -0.2) is 4.39 Å². The topological polar surface area (TPSA) is 24.5 Å². The first-order chi connectivity index (χ1) is 9.61. The number of hydrogen-bond donors (Lipinski definition) is 1. The Hall–Kier alpha value is -0.550. The maximum absolute atomic E-state index is 14.3. The van der Waals surface area contributed by atoms with Crippen LogP contribution in [-0.4, -0.2) is 38.2 Å². The normalized spacial score (nSPS) is 16.6. The lowest BCUT2D eigenvalue weighted by Gasteiger charge is -2.36. The van der Waals surface area contributed by atoms with Crippen molar-refractivity contribution in [3.05, 3.63) is 29.6 Å². The summed E-state index contributed by atoms with van der Waals surface area (Å²) in [5, 5.41) is 3.35. The fourth-order valence-electron chi connectivity index (χ4n) is 2.82. The second kappa shape index (κ2) is 10.3. The molecule has 22 heavy (non-hydrogen) atoms. The Bertz CT molecular complexity index is 440. The van der Waals surface area contributed by atoms with E-state index in [-0.39, 0.29) is 36.7 Å². The SMILES string of the molecule is COc1ccc(F)c([C@H](CC(C)C)N2CCNCC2)c1.Cl.Cl. The van der Waals surface area contributed by atoms with Crippen LogP contribution in [0, 0.1) is 11.7 Å². The lowest BCUT2D eigenvalue weighted by Crippen LogP contribution is -2.45. The Morgan fingerprint density at radius 3 is 2.41 bits per heavy atom. The standard InChI is InChI=1S/C16H25FN2O.2ClH/c1-12(2)10-16(19-8-6-18-7-9-19)14-11-13(20-3)4-5-15(14)17;;/h4-5,11-12,16,18H,6-10H2,1-3H3;2*1H/t16-;;/m0../s1. The zero-order chi connectivity index (χ0) is 14.5. The maximum atomic E-state index is 14.3. The minimum atomic E-state index is -0.130. The average Bonchev–Trinajstić information content (AvgIpc) is 2.46. The van der Waals surface area contributed by atoms with E-state index >= 15 is 0 Å². The third-order valence-corrected chi connectivity index (χ3v) is 3.85. The van der Waals surface area contributed by atoms with Crippen LogP contribution in [0.1, 0.15) is 31.9 Å². The van der Waals surface area contributed by atoms with Gasteiger partial charge in [0.25, 0.3) is 0 Å². The van der Waals surface area contributed by atoms with Crippen LogP contribution in [0.2, 0.25) is 0 Å². The lowest BCUT2D eigenvalue weighted by atomic mass is 9.94. The maximum Gasteiger partial charge on any atom is 0.128 e. The number of nitrogens with zero attached hydrogens (tertiary/aromatic N) is 1. The van der Waals surface area contributed by atoms with E-state index in [4.69, 9.17) is 4.74 Å². The molecule has 6 heteroatoms. The summed E-state index contributed by atoms with van der Waals surface area (Å²) in [4.78, 5) is 2.38. The second-order valence-corrected chi connectivity index (χ2v) is 5.82. The fraction of sp³-hybridized carbons (Fsp3) is 0.625. The molecule has 0 bridgehead atoms. The highest BCUT2D eigenvalue weighted by Crippen LogP contribution is 2.32. The van der Waals surface area contributed by atoms with Crippen LogP contribution in [-0.2, 0) is 0 Å². The zero-order valence-electron chi connectivity index (χ0n) is 13.5. The van der Waals surface area contributed by atoms with Crippen LogP contribution >= 0.6 is 24.8 Å². The number of methoxy groups -OCH3 is 1. The molecule has 0 aliphatic carbocycles. The van der Waals surface area contributed by atoms with Crippen LogP contribution in [0.25, 0.3) is 0 Å². The Kier molecular flexibility index (Phi) is 10.0. The number of halogens is 3. The van der Waals surface area contributed by atoms with Gasteiger partial charge in [0.15, 0.2) is 0 Å². The van der Waals surface area contributed by atoms with Crippen LogP contribution in [0.15, 0.2) is 18.2 Å². The Morgan fingerprint density at radius 1 is 1.23 bits per heavy atom. The van der Waals surface area contributed by atoms with Crippen LogP contribution in [0.3, 0.4) is 0 Å². The molecule has 1 atom stereocenters. The van der Waals surface area contributed by atoms with Crippen LogP contribution in [0.5, 0.6) is 5.75 Å². The van der Waals surface area contributed by atoms with Gasteiger partial charge in [-0.1, -0.05) is 13.8 Å². The number of benzene rings is 1. The summed E-state index contributed by atoms with van der Waals surface area (Å²) in [5.74, 6) is 1.13. The predicted octanol–water partition coefficient (Wildman–Crippen LogP) is 3.67. The molecule has 0 radical (unpaired) electrons. The summed E-state index contributed by atoms with van der Waals surface area (Å²) < 4.78 is 19.5. The Morgan fingerprint density at radius 2 is 1.86 bits per heavy atom. The van der Waals surface area contributed by atoms with E-state index in [9.17, 15) is 4.39 Å². The monoisotopic (exact) mass is 352 g/mol. The van der Waals surface area contributed by atoms with Gasteiger partial charge in [-0.15, -0.1) is 24.8 Å². The molecule has 1 saturated heterocycles. The molecule has 0 amide bonds. The molecule has 1 aromatic carbocycles. The van der Waals surface area contributed by atoms with Gasteiger partial charge in [0.2, 0.25) is 0 Å². The van der Waals surface area contributed by atoms with Crippen molar-refractivity contribution in [2.24, 2.45) is 5.92 Å². The van der Waals surface area contributed by atoms with E-state index in [2.05, 4.69) is 24.1 Å². The number of ether oxygens (including phenoxy) is 1. The second-order valence-electron chi connectivity index (χ2n) is 5.82. The molecular formula is C16H27Cl2FN2O. The highest BCUT2D eigenvalue weighted by molar-refractivity contribution is 5.85. The van der Waals surface area contributed by atoms with Gasteiger partial charge in [-0.2, -0.15) is 0 Å². The van der Waals surface area contributed by atoms with Crippen molar-refractivity contribution in [3.63, 3.8) is 0 Å². The Labute approximate surface area is 145 Å². The fourth-order valence-corrected chi connectivity index (χ4v) is 2.82. The summed E-state index contributed by atoms with van der Waals surface area (Å²) in [7, 11) is 1.62. The molecule has 1 aliphatic heterocycles. The van der Waals surface area contributed by atoms with E-state index in [0.29, 0.717) is 5.92 Å². The molecule has 0 saturated carbocycles. The third-order valence-electron chi connectivity index (χ3n) is 3.85. The van der Waals surface area contributed by atoms with Gasteiger partial charge < -0.3 is 10.1 Å². The lowest BCUT2D eigenvalue weighted by molar-refractivity contribution is 0.151. The highest BCUT2D eigenvalue weighted by Gasteiger charge is 2.25. The van der Waals surface area contributed by atoms with Crippen molar-refractivity contribution in [3.8, 4) is 5.75 Å². The molecule has 128 valence electrons. The largest absolute Gasteiger partial charge is 0.497 e. The van der Waals surface area contributed by atoms with Gasteiger partial charge in [-0.3, -0.25) is 4.90 Å². The molecule has 1 aliphatic rings. The van der Waals surface area contributed by atoms with Crippen molar-refractivity contribution in [1.82, 2.24) is 10.2 Å². The van der Waals surface area contributed by atoms with Crippen molar-refractivity contribution >= 4 is 24.8 Å². The smallest absolute Gasteiger partial charge is 0.128 e. The van der Waals surface area contributed by atoms with Crippen molar-refractivity contribution in [2.75, 3.05) is 33.3 Å². The summed E-state index contributed by atoms with van der Waals surface area (Å²) >= 11 is 0. The molecule has 1 aromatic rings. The van der Waals surface area contributed by atoms with Crippen molar-refractivity contribution in [1.29, 1.82) is 0 Å². The van der Waals surface area contributed by atoms with Gasteiger partial charge in [0.05, 0.1) is 7.11 Å². The molecule has 2 rings (SSSR count). The van der Waals surface area contributed by atoms with Gasteiger partial charge in [0.1, 0.15) is 11.6 Å². The average molecular weight is 353 g/mol. The first-order valence-corrected chi connectivity index (χ1v) is 7.40. The van der Waals surface area contributed by atoms with E-state index in [1.165, 1.54) is 6.07 Å². The molecule has 0 unspecified atom stereocenters. The van der Waals surface area contributed by atoms with Crippen molar-refractivity contribution < 1.29 is 9.13 Å². The predicted molar refractivity (Wildman–Crippen MR) is 94.1 cm³/mol. The van der Waals surface area contributed by atoms with E-state index in [1.807, 2.05) is 6.07 Å². The van der Waals surface area contributed by atoms with Crippen molar-refractivity contribution in [2.45, 2.75) is 26.3 Å². The molecule has 1 heterocycles. The zero-order valence-corrected chi connectivity index (χ0v) is 15.1. The van der Waals surface area contributed by atoms with E-state index < -0.39 is 0 Å². The highest BCUT2D eigenvalue weighted by atomic mass is 35.5. The molecular weight excluding hydrogens is 326 g/mol. The van der Waals surface area contributed by atoms with Crippen LogP contribution in [0.4, 0.5) is 4.39 Å². The van der Waals surface area contributed by atoms with Gasteiger partial charge in [0, 0.05) is 37.8 Å². The van der Waals surface area contributed by atoms with Gasteiger partial charge in [-0.05, 0) is 30.5 Å². The van der Waals surface area contributed by atoms with E-state index in [0.717, 1.165) is 43.9 Å². The summed E-state index contributed by atoms with van der Waals surface area (Å²) in [6.45, 7) is 8.25. The number of rotatable bonds is 5. The van der Waals surface area contributed by atoms with E-state index in [1.54, 1.807) is 13.2 Å². The number of hydrogen-bond acceptors (Lipinski definition) is 3. The van der Waals surface area contributed by atoms with Crippen LogP contribution < -0.4 is 10.1 Å². The summed E-state index contributed by atoms with van der Waals surface area (Å²) in [6, 6.07) is 5.18. The minimum Gasteiger partial charge on any atom is -0.497 e. The first-order valence-electron chi connectivity index (χ1n) is 7.40. The molecule has 0 aromatic heterocycles. The third kappa shape index (κ3) is 5.58. The summed E-state index contributed by atoms with van der Waals surface area (Å²) in [6.07, 6.45) is 0.962. The first kappa shape index (κ1) is 21.4. The van der Waals surface area contributed by atoms with Gasteiger partial charge >= 0.3 is 0 Å². The molecule has 1 N–H and O–H groups in total. The minimum absolute atomic E-state index is 0. The molecule has 0 spiro atoms. The quantitative estimate of drug-likeness (QED) is 0.874. The Balaban J connectivity index is 0.00000220. The number of piperazine rings is 1. The number of nitrogens with one attached hydrogen (secondary N) is 1. The molecule has 3 nitrogen and oxygen atoms in total. The summed E-state index contributed by atoms with van der Waals surface area (Å²) in [5.41, 5.74) is 0.764.